The Bertz CT molecular complexity index is 766. The molecular formula is C19H20ClN3O. The lowest BCUT2D eigenvalue weighted by molar-refractivity contribution is -0.112. The average molecular weight is 342 g/mol. The fraction of sp³-hybridized carbons (Fsp3) is 0.263. The fourth-order valence-corrected chi connectivity index (χ4v) is 2.90. The first-order valence-electron chi connectivity index (χ1n) is 8.12. The van der Waals surface area contributed by atoms with Crippen LogP contribution in [0.5, 0.6) is 0 Å². The normalized spacial score (nSPS) is 15.4. The minimum atomic E-state index is -0.0574. The highest BCUT2D eigenvalue weighted by Gasteiger charge is 2.34. The van der Waals surface area contributed by atoms with Gasteiger partial charge in [-0.05, 0) is 43.4 Å². The van der Waals surface area contributed by atoms with Crippen LogP contribution in [-0.4, -0.2) is 36.3 Å². The Morgan fingerprint density at radius 3 is 2.38 bits per heavy atom. The maximum Gasteiger partial charge on any atom is 0.278 e. The van der Waals surface area contributed by atoms with Gasteiger partial charge >= 0.3 is 0 Å². The number of hydrogen-bond acceptors (Lipinski definition) is 3. The number of fused-ring (bicyclic) bond motifs is 1. The second-order valence-corrected chi connectivity index (χ2v) is 6.07. The van der Waals surface area contributed by atoms with Gasteiger partial charge in [0, 0.05) is 10.6 Å². The van der Waals surface area contributed by atoms with Crippen LogP contribution in [0.3, 0.4) is 0 Å². The van der Waals surface area contributed by atoms with E-state index in [-0.39, 0.29) is 5.91 Å². The van der Waals surface area contributed by atoms with Gasteiger partial charge in [0.25, 0.3) is 5.91 Å². The molecule has 2 aromatic rings. The van der Waals surface area contributed by atoms with E-state index in [1.165, 1.54) is 0 Å². The first-order valence-corrected chi connectivity index (χ1v) is 8.49. The molecule has 0 unspecified atom stereocenters. The molecule has 2 aromatic carbocycles. The van der Waals surface area contributed by atoms with Gasteiger partial charge in [-0.15, -0.1) is 0 Å². The summed E-state index contributed by atoms with van der Waals surface area (Å²) in [5.74, 6) is -0.0574. The van der Waals surface area contributed by atoms with Crippen molar-refractivity contribution in [2.75, 3.05) is 24.7 Å². The number of para-hydroxylation sites is 1. The Hall–Kier alpha value is -2.17. The molecule has 0 atom stereocenters. The summed E-state index contributed by atoms with van der Waals surface area (Å²) in [6.07, 6.45) is 0. The van der Waals surface area contributed by atoms with Gasteiger partial charge in [-0.25, -0.2) is 4.99 Å². The van der Waals surface area contributed by atoms with E-state index in [1.54, 1.807) is 17.0 Å². The molecule has 1 amide bonds. The molecule has 0 saturated carbocycles. The van der Waals surface area contributed by atoms with Crippen molar-refractivity contribution < 1.29 is 4.79 Å². The van der Waals surface area contributed by atoms with Crippen LogP contribution in [-0.2, 0) is 4.79 Å². The minimum Gasteiger partial charge on any atom is -0.293 e. The Kier molecular flexibility index (Phi) is 4.97. The van der Waals surface area contributed by atoms with Crippen molar-refractivity contribution in [2.24, 2.45) is 4.99 Å². The Labute approximate surface area is 147 Å². The summed E-state index contributed by atoms with van der Waals surface area (Å²) in [6.45, 7) is 6.55. The molecule has 1 heterocycles. The molecule has 24 heavy (non-hydrogen) atoms. The standard InChI is InChI=1S/C19H20ClN3O/c1-3-22(4-2)13-23-17-8-6-5-7-16(17)18(19(23)24)21-15-11-9-14(20)10-12-15/h5-12H,3-4,13H2,1-2H3. The summed E-state index contributed by atoms with van der Waals surface area (Å²) in [7, 11) is 0. The highest BCUT2D eigenvalue weighted by atomic mass is 35.5. The molecule has 0 N–H and O–H groups in total. The molecule has 5 heteroatoms. The number of rotatable bonds is 5. The monoisotopic (exact) mass is 341 g/mol. The molecular weight excluding hydrogens is 322 g/mol. The molecule has 1 aliphatic rings. The molecule has 0 aromatic heterocycles. The van der Waals surface area contributed by atoms with Gasteiger partial charge < -0.3 is 0 Å². The Morgan fingerprint density at radius 2 is 1.71 bits per heavy atom. The van der Waals surface area contributed by atoms with Crippen LogP contribution >= 0.6 is 11.6 Å². The van der Waals surface area contributed by atoms with Crippen molar-refractivity contribution >= 4 is 34.6 Å². The van der Waals surface area contributed by atoms with Crippen LogP contribution in [0.1, 0.15) is 19.4 Å². The molecule has 1 aliphatic heterocycles. The van der Waals surface area contributed by atoms with Crippen LogP contribution in [0.25, 0.3) is 0 Å². The minimum absolute atomic E-state index is 0.0574. The lowest BCUT2D eigenvalue weighted by atomic mass is 10.1. The molecule has 0 radical (unpaired) electrons. The summed E-state index contributed by atoms with van der Waals surface area (Å²) in [6, 6.07) is 15.0. The number of carbonyl (C=O) groups excluding carboxylic acids is 1. The number of halogens is 1. The lowest BCUT2D eigenvalue weighted by Crippen LogP contribution is -2.41. The third-order valence-corrected chi connectivity index (χ3v) is 4.45. The first-order chi connectivity index (χ1) is 11.6. The van der Waals surface area contributed by atoms with Crippen LogP contribution in [0.2, 0.25) is 5.02 Å². The number of anilines is 1. The van der Waals surface area contributed by atoms with Crippen molar-refractivity contribution in [3.05, 3.63) is 59.1 Å². The third kappa shape index (κ3) is 3.21. The first kappa shape index (κ1) is 16.7. The van der Waals surface area contributed by atoms with Crippen molar-refractivity contribution in [3.8, 4) is 0 Å². The Balaban J connectivity index is 1.99. The SMILES string of the molecule is CCN(CC)CN1C(=O)C(=Nc2ccc(Cl)cc2)c2ccccc21. The van der Waals surface area contributed by atoms with Gasteiger partial charge in [0.1, 0.15) is 5.71 Å². The van der Waals surface area contributed by atoms with Crippen LogP contribution in [0, 0.1) is 0 Å². The topological polar surface area (TPSA) is 35.9 Å². The summed E-state index contributed by atoms with van der Waals surface area (Å²) >= 11 is 5.92. The summed E-state index contributed by atoms with van der Waals surface area (Å²) < 4.78 is 0. The molecule has 0 saturated heterocycles. The van der Waals surface area contributed by atoms with Gasteiger partial charge in [0.05, 0.1) is 18.0 Å². The molecule has 3 rings (SSSR count). The van der Waals surface area contributed by atoms with E-state index in [4.69, 9.17) is 11.6 Å². The zero-order valence-electron chi connectivity index (χ0n) is 13.9. The van der Waals surface area contributed by atoms with Crippen LogP contribution in [0.15, 0.2) is 53.5 Å². The van der Waals surface area contributed by atoms with E-state index < -0.39 is 0 Å². The van der Waals surface area contributed by atoms with E-state index in [9.17, 15) is 4.79 Å². The largest absolute Gasteiger partial charge is 0.293 e. The highest BCUT2D eigenvalue weighted by Crippen LogP contribution is 2.31. The zero-order chi connectivity index (χ0) is 17.1. The smallest absolute Gasteiger partial charge is 0.278 e. The fourth-order valence-electron chi connectivity index (χ4n) is 2.78. The van der Waals surface area contributed by atoms with Gasteiger partial charge in [-0.2, -0.15) is 0 Å². The van der Waals surface area contributed by atoms with Gasteiger partial charge in [-0.3, -0.25) is 14.6 Å². The third-order valence-electron chi connectivity index (χ3n) is 4.20. The predicted octanol–water partition coefficient (Wildman–Crippen LogP) is 4.11. The molecule has 0 bridgehead atoms. The van der Waals surface area contributed by atoms with E-state index in [2.05, 4.69) is 23.7 Å². The number of benzene rings is 2. The van der Waals surface area contributed by atoms with E-state index in [0.717, 1.165) is 30.0 Å². The average Bonchev–Trinajstić information content (AvgIpc) is 2.87. The van der Waals surface area contributed by atoms with E-state index in [0.29, 0.717) is 17.4 Å². The number of hydrogen-bond donors (Lipinski definition) is 0. The molecule has 0 fully saturated rings. The van der Waals surface area contributed by atoms with Crippen molar-refractivity contribution in [2.45, 2.75) is 13.8 Å². The van der Waals surface area contributed by atoms with Crippen molar-refractivity contribution in [1.29, 1.82) is 0 Å². The quantitative estimate of drug-likeness (QED) is 0.820. The van der Waals surface area contributed by atoms with Crippen molar-refractivity contribution in [3.63, 3.8) is 0 Å². The number of aliphatic imine (C=N–C) groups is 1. The van der Waals surface area contributed by atoms with E-state index in [1.807, 2.05) is 36.4 Å². The maximum atomic E-state index is 12.9. The maximum absolute atomic E-state index is 12.9. The van der Waals surface area contributed by atoms with E-state index >= 15 is 0 Å². The second kappa shape index (κ2) is 7.16. The van der Waals surface area contributed by atoms with Crippen LogP contribution < -0.4 is 4.90 Å². The number of amides is 1. The van der Waals surface area contributed by atoms with Gasteiger partial charge in [0.2, 0.25) is 0 Å². The number of carbonyl (C=O) groups is 1. The second-order valence-electron chi connectivity index (χ2n) is 5.63. The molecule has 0 spiro atoms. The van der Waals surface area contributed by atoms with Gasteiger partial charge in [0.15, 0.2) is 0 Å². The van der Waals surface area contributed by atoms with Crippen molar-refractivity contribution in [1.82, 2.24) is 4.90 Å². The highest BCUT2D eigenvalue weighted by molar-refractivity contribution is 6.54. The summed E-state index contributed by atoms with van der Waals surface area (Å²) in [4.78, 5) is 21.5. The molecule has 4 nitrogen and oxygen atoms in total. The summed E-state index contributed by atoms with van der Waals surface area (Å²) in [5.41, 5.74) is 3.01. The Morgan fingerprint density at radius 1 is 1.04 bits per heavy atom. The van der Waals surface area contributed by atoms with Gasteiger partial charge in [-0.1, -0.05) is 43.6 Å². The lowest BCUT2D eigenvalue weighted by Gasteiger charge is -2.25. The molecule has 0 aliphatic carbocycles. The van der Waals surface area contributed by atoms with Crippen LogP contribution in [0.4, 0.5) is 11.4 Å². The number of nitrogens with zero attached hydrogens (tertiary/aromatic N) is 3. The zero-order valence-corrected chi connectivity index (χ0v) is 14.6. The predicted molar refractivity (Wildman–Crippen MR) is 99.4 cm³/mol. The molecule has 124 valence electrons. The summed E-state index contributed by atoms with van der Waals surface area (Å²) in [5, 5.41) is 0.653.